The molecule has 1 heterocycles. The van der Waals surface area contributed by atoms with Crippen molar-refractivity contribution in [2.45, 2.75) is 25.1 Å². The van der Waals surface area contributed by atoms with Crippen LogP contribution in [0.3, 0.4) is 0 Å². The molecule has 0 atom stereocenters. The van der Waals surface area contributed by atoms with Gasteiger partial charge in [0, 0.05) is 17.8 Å². The highest BCUT2D eigenvalue weighted by atomic mass is 79.9. The van der Waals surface area contributed by atoms with Gasteiger partial charge in [-0.2, -0.15) is 11.8 Å². The second-order valence-corrected chi connectivity index (χ2v) is 7.63. The molecular weight excluding hydrogens is 278 g/mol. The molecule has 0 spiro atoms. The smallest absolute Gasteiger partial charge is 0.0701 e. The Morgan fingerprint density at radius 3 is 2.79 bits per heavy atom. The summed E-state index contributed by atoms with van der Waals surface area (Å²) in [5.41, 5.74) is 1.36. The van der Waals surface area contributed by atoms with Crippen LogP contribution < -0.4 is 5.32 Å². The van der Waals surface area contributed by atoms with E-state index in [0.717, 1.165) is 13.1 Å². The van der Waals surface area contributed by atoms with E-state index >= 15 is 0 Å². The summed E-state index contributed by atoms with van der Waals surface area (Å²) in [6.45, 7) is 6.52. The van der Waals surface area contributed by atoms with Gasteiger partial charge in [-0.05, 0) is 53.0 Å². The van der Waals surface area contributed by atoms with E-state index in [1.54, 1.807) is 11.3 Å². The predicted octanol–water partition coefficient (Wildman–Crippen LogP) is 3.74. The highest BCUT2D eigenvalue weighted by Crippen LogP contribution is 2.22. The zero-order chi connectivity index (χ0) is 10.6. The van der Waals surface area contributed by atoms with Gasteiger partial charge in [0.25, 0.3) is 0 Å². The molecule has 1 aromatic heterocycles. The van der Waals surface area contributed by atoms with Crippen molar-refractivity contribution in [2.24, 2.45) is 0 Å². The molecule has 0 saturated carbocycles. The van der Waals surface area contributed by atoms with Crippen LogP contribution in [0.25, 0.3) is 0 Å². The molecule has 0 aliphatic heterocycles. The van der Waals surface area contributed by atoms with E-state index in [1.165, 1.54) is 9.35 Å². The van der Waals surface area contributed by atoms with Crippen molar-refractivity contribution in [3.05, 3.63) is 20.8 Å². The summed E-state index contributed by atoms with van der Waals surface area (Å²) >= 11 is 7.10. The van der Waals surface area contributed by atoms with E-state index in [4.69, 9.17) is 0 Å². The molecule has 0 saturated heterocycles. The van der Waals surface area contributed by atoms with E-state index < -0.39 is 0 Å². The fraction of sp³-hybridized carbons (Fsp3) is 0.600. The molecule has 0 aromatic carbocycles. The molecule has 0 aliphatic rings. The highest BCUT2D eigenvalue weighted by Gasteiger charge is 2.14. The number of thiophene rings is 1. The normalized spacial score (nSPS) is 12.0. The van der Waals surface area contributed by atoms with Crippen LogP contribution >= 0.6 is 39.0 Å². The second-order valence-electron chi connectivity index (χ2n) is 3.83. The Kier molecular flexibility index (Phi) is 4.97. The van der Waals surface area contributed by atoms with Crippen molar-refractivity contribution in [1.29, 1.82) is 0 Å². The molecule has 0 aliphatic carbocycles. The average Bonchev–Trinajstić information content (AvgIpc) is 2.51. The topological polar surface area (TPSA) is 12.0 Å². The van der Waals surface area contributed by atoms with Gasteiger partial charge in [0.05, 0.1) is 3.79 Å². The summed E-state index contributed by atoms with van der Waals surface area (Å²) in [7, 11) is 0. The summed E-state index contributed by atoms with van der Waals surface area (Å²) in [5.74, 6) is 0. The van der Waals surface area contributed by atoms with Gasteiger partial charge in [0.2, 0.25) is 0 Å². The van der Waals surface area contributed by atoms with Crippen molar-refractivity contribution < 1.29 is 0 Å². The molecule has 80 valence electrons. The van der Waals surface area contributed by atoms with Gasteiger partial charge in [0.15, 0.2) is 0 Å². The van der Waals surface area contributed by atoms with Crippen LogP contribution in [0, 0.1) is 0 Å². The molecular formula is C10H16BrNS2. The van der Waals surface area contributed by atoms with Crippen LogP contribution in [-0.2, 0) is 6.54 Å². The molecule has 14 heavy (non-hydrogen) atoms. The fourth-order valence-corrected chi connectivity index (χ4v) is 2.47. The van der Waals surface area contributed by atoms with Crippen molar-refractivity contribution >= 4 is 39.0 Å². The zero-order valence-electron chi connectivity index (χ0n) is 8.76. The molecule has 4 heteroatoms. The molecule has 1 rings (SSSR count). The molecule has 0 fully saturated rings. The van der Waals surface area contributed by atoms with E-state index in [2.05, 4.69) is 52.8 Å². The maximum Gasteiger partial charge on any atom is 0.0701 e. The summed E-state index contributed by atoms with van der Waals surface area (Å²) < 4.78 is 1.53. The third-order valence-electron chi connectivity index (χ3n) is 2.05. The monoisotopic (exact) mass is 293 g/mol. The maximum absolute atomic E-state index is 3.47. The van der Waals surface area contributed by atoms with Crippen molar-refractivity contribution in [1.82, 2.24) is 5.32 Å². The Balaban J connectivity index is 2.28. The number of hydrogen-bond donors (Lipinski definition) is 1. The highest BCUT2D eigenvalue weighted by molar-refractivity contribution is 9.11. The maximum atomic E-state index is 3.47. The lowest BCUT2D eigenvalue weighted by atomic mass is 10.2. The molecule has 0 bridgehead atoms. The quantitative estimate of drug-likeness (QED) is 0.888. The number of hydrogen-bond acceptors (Lipinski definition) is 3. The van der Waals surface area contributed by atoms with Crippen molar-refractivity contribution in [2.75, 3.05) is 12.8 Å². The van der Waals surface area contributed by atoms with Gasteiger partial charge in [-0.3, -0.25) is 0 Å². The van der Waals surface area contributed by atoms with E-state index in [-0.39, 0.29) is 0 Å². The van der Waals surface area contributed by atoms with Gasteiger partial charge in [-0.25, -0.2) is 0 Å². The predicted molar refractivity (Wildman–Crippen MR) is 71.3 cm³/mol. The van der Waals surface area contributed by atoms with Crippen molar-refractivity contribution in [3.8, 4) is 0 Å². The van der Waals surface area contributed by atoms with Gasteiger partial charge in [0.1, 0.15) is 0 Å². The number of thioether (sulfide) groups is 1. The van der Waals surface area contributed by atoms with Crippen LogP contribution in [0.2, 0.25) is 0 Å². The first-order valence-electron chi connectivity index (χ1n) is 4.52. The largest absolute Gasteiger partial charge is 0.311 e. The minimum atomic E-state index is 0.327. The summed E-state index contributed by atoms with van der Waals surface area (Å²) in [6, 6.07) is 2.17. The second kappa shape index (κ2) is 5.54. The van der Waals surface area contributed by atoms with E-state index in [1.807, 2.05) is 11.8 Å². The standard InChI is InChI=1S/C10H16BrNS2/c1-10(2,13-3)7-12-5-8-4-9(11)14-6-8/h4,6,12H,5,7H2,1-3H3. The number of halogens is 1. The molecule has 0 radical (unpaired) electrons. The minimum Gasteiger partial charge on any atom is -0.311 e. The third kappa shape index (κ3) is 4.34. The van der Waals surface area contributed by atoms with Crippen molar-refractivity contribution in [3.63, 3.8) is 0 Å². The van der Waals surface area contributed by atoms with Crippen LogP contribution in [0.15, 0.2) is 15.2 Å². The van der Waals surface area contributed by atoms with Gasteiger partial charge in [-0.15, -0.1) is 11.3 Å². The molecule has 1 N–H and O–H groups in total. The number of nitrogens with one attached hydrogen (secondary N) is 1. The zero-order valence-corrected chi connectivity index (χ0v) is 12.0. The Morgan fingerprint density at radius 2 is 2.29 bits per heavy atom. The van der Waals surface area contributed by atoms with Gasteiger partial charge < -0.3 is 5.32 Å². The molecule has 0 unspecified atom stereocenters. The van der Waals surface area contributed by atoms with Crippen LogP contribution in [0.1, 0.15) is 19.4 Å². The minimum absolute atomic E-state index is 0.327. The van der Waals surface area contributed by atoms with Gasteiger partial charge >= 0.3 is 0 Å². The lowest BCUT2D eigenvalue weighted by Crippen LogP contribution is -2.31. The Bertz CT molecular complexity index is 283. The first-order valence-corrected chi connectivity index (χ1v) is 7.42. The molecule has 1 nitrogen and oxygen atoms in total. The summed E-state index contributed by atoms with van der Waals surface area (Å²) in [6.07, 6.45) is 2.16. The lowest BCUT2D eigenvalue weighted by molar-refractivity contribution is 0.591. The third-order valence-corrected chi connectivity index (χ3v) is 4.86. The Labute approximate surface area is 103 Å². The Morgan fingerprint density at radius 1 is 1.57 bits per heavy atom. The van der Waals surface area contributed by atoms with Crippen LogP contribution in [0.4, 0.5) is 0 Å². The van der Waals surface area contributed by atoms with Crippen LogP contribution in [0.5, 0.6) is 0 Å². The first kappa shape index (κ1) is 12.6. The van der Waals surface area contributed by atoms with E-state index in [9.17, 15) is 0 Å². The van der Waals surface area contributed by atoms with E-state index in [0.29, 0.717) is 4.75 Å². The first-order chi connectivity index (χ1) is 6.53. The SMILES string of the molecule is CSC(C)(C)CNCc1csc(Br)c1. The summed E-state index contributed by atoms with van der Waals surface area (Å²) in [4.78, 5) is 0. The molecule has 1 aromatic rings. The fourth-order valence-electron chi connectivity index (χ4n) is 1.02. The average molecular weight is 294 g/mol. The Hall–Kier alpha value is 0.490. The van der Waals surface area contributed by atoms with Gasteiger partial charge in [-0.1, -0.05) is 0 Å². The van der Waals surface area contributed by atoms with Crippen LogP contribution in [-0.4, -0.2) is 17.5 Å². The summed E-state index contributed by atoms with van der Waals surface area (Å²) in [5, 5.41) is 5.65. The lowest BCUT2D eigenvalue weighted by Gasteiger charge is -2.22. The molecule has 0 amide bonds. The number of rotatable bonds is 5.